The quantitative estimate of drug-likeness (QED) is 0.403. The number of carboxylic acids is 2. The predicted molar refractivity (Wildman–Crippen MR) is 65.9 cm³/mol. The second-order valence-electron chi connectivity index (χ2n) is 3.04. The molecule has 0 amide bonds. The van der Waals surface area contributed by atoms with Crippen LogP contribution in [-0.4, -0.2) is 57.2 Å². The maximum absolute atomic E-state index is 10.4. The molecule has 0 aromatic heterocycles. The molecule has 0 aliphatic carbocycles. The lowest BCUT2D eigenvalue weighted by Crippen LogP contribution is -2.33. The minimum atomic E-state index is -1.01. The third-order valence-electron chi connectivity index (χ3n) is 1.60. The number of hydrogen-bond acceptors (Lipinski definition) is 6. The Morgan fingerprint density at radius 3 is 1.50 bits per heavy atom. The monoisotopic (exact) mass is 268 g/mol. The van der Waals surface area contributed by atoms with Crippen LogP contribution in [-0.2, 0) is 9.59 Å². The van der Waals surface area contributed by atoms with Gasteiger partial charge in [-0.05, 0) is 0 Å². The first-order chi connectivity index (χ1) is 7.45. The van der Waals surface area contributed by atoms with Gasteiger partial charge in [0.15, 0.2) is 0 Å². The van der Waals surface area contributed by atoms with Crippen LogP contribution < -0.4 is 11.5 Å². The van der Waals surface area contributed by atoms with Gasteiger partial charge in [-0.25, -0.2) is 0 Å². The molecule has 0 rings (SSSR count). The van der Waals surface area contributed by atoms with Crippen molar-refractivity contribution in [2.24, 2.45) is 11.5 Å². The first kappa shape index (κ1) is 15.6. The fourth-order valence-electron chi connectivity index (χ4n) is 0.681. The number of aliphatic carboxylic acids is 2. The van der Waals surface area contributed by atoms with Crippen molar-refractivity contribution in [3.8, 4) is 0 Å². The molecule has 0 aliphatic heterocycles. The van der Waals surface area contributed by atoms with E-state index < -0.39 is 24.0 Å². The van der Waals surface area contributed by atoms with E-state index in [1.165, 1.54) is 23.5 Å². The molecular weight excluding hydrogens is 252 g/mol. The lowest BCUT2D eigenvalue weighted by molar-refractivity contribution is -0.138. The van der Waals surface area contributed by atoms with E-state index in [0.717, 1.165) is 11.5 Å². The molecule has 0 aliphatic rings. The molecule has 6 nitrogen and oxygen atoms in total. The average molecular weight is 268 g/mol. The normalized spacial score (nSPS) is 14.4. The van der Waals surface area contributed by atoms with Crippen molar-refractivity contribution in [2.45, 2.75) is 12.1 Å². The van der Waals surface area contributed by atoms with E-state index in [1.54, 1.807) is 0 Å². The minimum absolute atomic E-state index is 0.362. The molecule has 8 heteroatoms. The number of carboxylic acid groups (broad SMARTS) is 2. The number of thioether (sulfide) groups is 2. The summed E-state index contributed by atoms with van der Waals surface area (Å²) in [7, 11) is 0. The average Bonchev–Trinajstić information content (AvgIpc) is 2.21. The Morgan fingerprint density at radius 2 is 1.25 bits per heavy atom. The summed E-state index contributed by atoms with van der Waals surface area (Å²) in [5.74, 6) is 0.179. The molecule has 0 saturated heterocycles. The zero-order valence-corrected chi connectivity index (χ0v) is 10.3. The third-order valence-corrected chi connectivity index (χ3v) is 4.03. The Kier molecular flexibility index (Phi) is 8.44. The summed E-state index contributed by atoms with van der Waals surface area (Å²) >= 11 is 2.87. The van der Waals surface area contributed by atoms with E-state index in [1.807, 2.05) is 0 Å². The molecule has 0 radical (unpaired) electrons. The van der Waals surface area contributed by atoms with E-state index >= 15 is 0 Å². The third kappa shape index (κ3) is 7.80. The van der Waals surface area contributed by atoms with Gasteiger partial charge in [-0.1, -0.05) is 0 Å². The molecule has 0 bridgehead atoms. The van der Waals surface area contributed by atoms with Gasteiger partial charge in [0.25, 0.3) is 0 Å². The molecule has 6 N–H and O–H groups in total. The van der Waals surface area contributed by atoms with Gasteiger partial charge in [-0.3, -0.25) is 9.59 Å². The molecule has 0 aromatic rings. The molecule has 0 saturated carbocycles. The van der Waals surface area contributed by atoms with Gasteiger partial charge >= 0.3 is 11.9 Å². The molecule has 0 spiro atoms. The predicted octanol–water partition coefficient (Wildman–Crippen LogP) is -0.723. The topological polar surface area (TPSA) is 127 Å². The van der Waals surface area contributed by atoms with E-state index in [4.69, 9.17) is 21.7 Å². The highest BCUT2D eigenvalue weighted by atomic mass is 32.2. The Morgan fingerprint density at radius 1 is 0.938 bits per heavy atom. The second kappa shape index (κ2) is 8.68. The largest absolute Gasteiger partial charge is 0.480 e. The Balaban J connectivity index is 3.34. The van der Waals surface area contributed by atoms with Crippen LogP contribution in [0.3, 0.4) is 0 Å². The van der Waals surface area contributed by atoms with Crippen LogP contribution in [0.15, 0.2) is 0 Å². The number of carbonyl (C=O) groups is 2. The van der Waals surface area contributed by atoms with Gasteiger partial charge in [0, 0.05) is 23.0 Å². The molecule has 94 valence electrons. The second-order valence-corrected chi connectivity index (χ2v) is 5.34. The minimum Gasteiger partial charge on any atom is -0.480 e. The lowest BCUT2D eigenvalue weighted by Gasteiger charge is -2.07. The number of rotatable bonds is 9. The molecule has 16 heavy (non-hydrogen) atoms. The summed E-state index contributed by atoms with van der Waals surface area (Å²) in [6.45, 7) is 0. The maximum atomic E-state index is 10.4. The van der Waals surface area contributed by atoms with Crippen LogP contribution in [0.2, 0.25) is 0 Å². The van der Waals surface area contributed by atoms with E-state index in [0.29, 0.717) is 11.5 Å². The van der Waals surface area contributed by atoms with Crippen LogP contribution >= 0.6 is 23.5 Å². The van der Waals surface area contributed by atoms with Crippen molar-refractivity contribution in [1.82, 2.24) is 0 Å². The van der Waals surface area contributed by atoms with E-state index in [-0.39, 0.29) is 0 Å². The summed E-state index contributed by atoms with van der Waals surface area (Å²) < 4.78 is 0. The summed E-state index contributed by atoms with van der Waals surface area (Å²) in [5.41, 5.74) is 10.6. The zero-order valence-electron chi connectivity index (χ0n) is 8.67. The van der Waals surface area contributed by atoms with Crippen LogP contribution in [0, 0.1) is 0 Å². The van der Waals surface area contributed by atoms with Crippen molar-refractivity contribution in [2.75, 3.05) is 23.0 Å². The first-order valence-corrected chi connectivity index (χ1v) is 6.88. The van der Waals surface area contributed by atoms with Crippen LogP contribution in [0.25, 0.3) is 0 Å². The smallest absolute Gasteiger partial charge is 0.321 e. The Hall–Kier alpha value is -0.440. The summed E-state index contributed by atoms with van der Waals surface area (Å²) in [6.07, 6.45) is 0. The van der Waals surface area contributed by atoms with Crippen molar-refractivity contribution in [3.63, 3.8) is 0 Å². The van der Waals surface area contributed by atoms with E-state index in [2.05, 4.69) is 0 Å². The number of nitrogens with two attached hydrogens (primary N) is 2. The van der Waals surface area contributed by atoms with E-state index in [9.17, 15) is 9.59 Å². The molecule has 0 heterocycles. The van der Waals surface area contributed by atoms with Gasteiger partial charge in [0.05, 0.1) is 0 Å². The first-order valence-electron chi connectivity index (χ1n) is 4.57. The molecular formula is C8H16N2O4S2. The highest BCUT2D eigenvalue weighted by molar-refractivity contribution is 8.03. The van der Waals surface area contributed by atoms with Crippen molar-refractivity contribution in [1.29, 1.82) is 0 Å². The van der Waals surface area contributed by atoms with Crippen molar-refractivity contribution in [3.05, 3.63) is 0 Å². The standard InChI is InChI=1S/C8H16N2O4S2/c9-5(7(11)12)3-15-1-2-16-4-6(10)8(13)14/h5-6H,1-4,9-10H2,(H,11,12)(H,13,14)/t5-,6-/m0/s1. The van der Waals surface area contributed by atoms with Gasteiger partial charge < -0.3 is 21.7 Å². The summed E-state index contributed by atoms with van der Waals surface area (Å²) in [4.78, 5) is 20.7. The highest BCUT2D eigenvalue weighted by Crippen LogP contribution is 2.08. The number of hydrogen-bond donors (Lipinski definition) is 4. The lowest BCUT2D eigenvalue weighted by atomic mass is 10.4. The van der Waals surface area contributed by atoms with Crippen LogP contribution in [0.5, 0.6) is 0 Å². The van der Waals surface area contributed by atoms with Crippen LogP contribution in [0.4, 0.5) is 0 Å². The van der Waals surface area contributed by atoms with Crippen molar-refractivity contribution >= 4 is 35.5 Å². The summed E-state index contributed by atoms with van der Waals surface area (Å²) in [5, 5.41) is 17.0. The molecule has 2 atom stereocenters. The van der Waals surface area contributed by atoms with Gasteiger partial charge in [-0.2, -0.15) is 23.5 Å². The van der Waals surface area contributed by atoms with Gasteiger partial charge in [0.2, 0.25) is 0 Å². The molecule has 0 fully saturated rings. The molecule has 0 aromatic carbocycles. The SMILES string of the molecule is N[C@@H](CSCCSC[C@H](N)C(=O)O)C(=O)O. The van der Waals surface area contributed by atoms with Crippen molar-refractivity contribution < 1.29 is 19.8 Å². The fourth-order valence-corrected chi connectivity index (χ4v) is 2.75. The fraction of sp³-hybridized carbons (Fsp3) is 0.750. The Bertz CT molecular complexity index is 216. The highest BCUT2D eigenvalue weighted by Gasteiger charge is 2.12. The maximum Gasteiger partial charge on any atom is 0.321 e. The van der Waals surface area contributed by atoms with Gasteiger partial charge in [0.1, 0.15) is 12.1 Å². The van der Waals surface area contributed by atoms with Gasteiger partial charge in [-0.15, -0.1) is 0 Å². The Labute approximate surface area is 102 Å². The molecule has 0 unspecified atom stereocenters. The van der Waals surface area contributed by atoms with Crippen LogP contribution in [0.1, 0.15) is 0 Å². The zero-order chi connectivity index (χ0) is 12.6. The summed E-state index contributed by atoms with van der Waals surface area (Å²) in [6, 6.07) is -1.67.